The van der Waals surface area contributed by atoms with Gasteiger partial charge in [0.2, 0.25) is 5.91 Å². The highest BCUT2D eigenvalue weighted by atomic mass is 16.5. The van der Waals surface area contributed by atoms with E-state index < -0.39 is 0 Å². The second kappa shape index (κ2) is 8.05. The van der Waals surface area contributed by atoms with Crippen LogP contribution in [0, 0.1) is 0 Å². The number of rotatable bonds is 4. The maximum absolute atomic E-state index is 12.5. The van der Waals surface area contributed by atoms with E-state index in [-0.39, 0.29) is 36.4 Å². The topological polar surface area (TPSA) is 97.6 Å². The quantitative estimate of drug-likeness (QED) is 0.737. The molecule has 0 aliphatic carbocycles. The fourth-order valence-electron chi connectivity index (χ4n) is 3.68. The fraction of sp³-hybridized carbons (Fsp3) is 0.526. The Bertz CT molecular complexity index is 929. The number of aromatic nitrogens is 3. The average Bonchev–Trinajstić information content (AvgIpc) is 3.28. The van der Waals surface area contributed by atoms with Crippen LogP contribution in [0.25, 0.3) is 10.9 Å². The summed E-state index contributed by atoms with van der Waals surface area (Å²) in [4.78, 5) is 40.8. The molecule has 2 amide bonds. The van der Waals surface area contributed by atoms with Gasteiger partial charge in [-0.25, -0.2) is 4.68 Å². The Kier molecular flexibility index (Phi) is 5.34. The lowest BCUT2D eigenvalue weighted by molar-refractivity contribution is -0.146. The van der Waals surface area contributed by atoms with Gasteiger partial charge in [0.25, 0.3) is 11.5 Å². The summed E-state index contributed by atoms with van der Waals surface area (Å²) in [6, 6.07) is 7.01. The molecule has 9 heteroatoms. The van der Waals surface area contributed by atoms with Gasteiger partial charge in [-0.3, -0.25) is 14.4 Å². The van der Waals surface area contributed by atoms with Gasteiger partial charge >= 0.3 is 0 Å². The maximum Gasteiger partial charge on any atom is 0.277 e. The summed E-state index contributed by atoms with van der Waals surface area (Å²) in [6.07, 6.45) is 1.55. The van der Waals surface area contributed by atoms with Gasteiger partial charge in [0, 0.05) is 39.2 Å². The minimum Gasteiger partial charge on any atom is -0.368 e. The van der Waals surface area contributed by atoms with Crippen molar-refractivity contribution >= 4 is 22.7 Å². The van der Waals surface area contributed by atoms with E-state index >= 15 is 0 Å². The molecule has 1 atom stereocenters. The summed E-state index contributed by atoms with van der Waals surface area (Å²) >= 11 is 0. The predicted octanol–water partition coefficient (Wildman–Crippen LogP) is 0.0314. The van der Waals surface area contributed by atoms with E-state index in [0.29, 0.717) is 43.7 Å². The average molecular weight is 385 g/mol. The normalized spacial score (nSPS) is 19.9. The highest BCUT2D eigenvalue weighted by Gasteiger charge is 2.31. The number of amides is 2. The van der Waals surface area contributed by atoms with Gasteiger partial charge in [-0.05, 0) is 25.0 Å². The number of hydrogen-bond donors (Lipinski definition) is 0. The first-order chi connectivity index (χ1) is 13.6. The van der Waals surface area contributed by atoms with Crippen LogP contribution >= 0.6 is 0 Å². The van der Waals surface area contributed by atoms with Crippen molar-refractivity contribution in [3.8, 4) is 0 Å². The van der Waals surface area contributed by atoms with Crippen LogP contribution in [0.2, 0.25) is 0 Å². The zero-order valence-corrected chi connectivity index (χ0v) is 15.6. The van der Waals surface area contributed by atoms with Crippen LogP contribution in [0.3, 0.4) is 0 Å². The predicted molar refractivity (Wildman–Crippen MR) is 101 cm³/mol. The number of hydrogen-bond acceptors (Lipinski definition) is 6. The highest BCUT2D eigenvalue weighted by Crippen LogP contribution is 2.16. The molecule has 148 valence electrons. The van der Waals surface area contributed by atoms with E-state index in [0.717, 1.165) is 12.8 Å². The van der Waals surface area contributed by atoms with Crippen LogP contribution in [0.1, 0.15) is 19.3 Å². The highest BCUT2D eigenvalue weighted by molar-refractivity contribution is 5.82. The molecule has 2 saturated heterocycles. The number of benzene rings is 1. The summed E-state index contributed by atoms with van der Waals surface area (Å²) in [5, 5.41) is 8.44. The van der Waals surface area contributed by atoms with Crippen molar-refractivity contribution in [1.82, 2.24) is 24.8 Å². The van der Waals surface area contributed by atoms with E-state index in [9.17, 15) is 14.4 Å². The van der Waals surface area contributed by atoms with E-state index in [1.165, 1.54) is 4.68 Å². The van der Waals surface area contributed by atoms with Crippen LogP contribution in [-0.2, 0) is 20.9 Å². The first kappa shape index (κ1) is 18.5. The molecule has 2 fully saturated rings. The second-order valence-corrected chi connectivity index (χ2v) is 7.09. The van der Waals surface area contributed by atoms with Crippen molar-refractivity contribution in [3.05, 3.63) is 34.6 Å². The molecule has 2 aliphatic rings. The Hall–Kier alpha value is -2.81. The molecule has 3 heterocycles. The van der Waals surface area contributed by atoms with Crippen LogP contribution in [0.5, 0.6) is 0 Å². The lowest BCUT2D eigenvalue weighted by atomic mass is 10.2. The number of piperazine rings is 1. The number of ether oxygens (including phenoxy) is 1. The first-order valence-electron chi connectivity index (χ1n) is 9.64. The van der Waals surface area contributed by atoms with Gasteiger partial charge < -0.3 is 14.5 Å². The van der Waals surface area contributed by atoms with Gasteiger partial charge in [-0.1, -0.05) is 17.3 Å². The van der Waals surface area contributed by atoms with E-state index in [4.69, 9.17) is 4.74 Å². The van der Waals surface area contributed by atoms with Crippen molar-refractivity contribution in [2.24, 2.45) is 0 Å². The van der Waals surface area contributed by atoms with Crippen LogP contribution in [-0.4, -0.2) is 75.5 Å². The van der Waals surface area contributed by atoms with Gasteiger partial charge in [-0.2, -0.15) is 0 Å². The SMILES string of the molecule is O=C(CCn1nnc2ccccc2c1=O)N1CCN(C(=O)C2CCCO2)CC1. The number of aryl methyl sites for hydroxylation is 1. The zero-order valence-electron chi connectivity index (χ0n) is 15.6. The van der Waals surface area contributed by atoms with Crippen molar-refractivity contribution in [1.29, 1.82) is 0 Å². The minimum absolute atomic E-state index is 0.0302. The molecule has 1 unspecified atom stereocenters. The Morgan fingerprint density at radius 3 is 2.61 bits per heavy atom. The summed E-state index contributed by atoms with van der Waals surface area (Å²) < 4.78 is 6.69. The summed E-state index contributed by atoms with van der Waals surface area (Å²) in [5.41, 5.74) is 0.299. The molecule has 28 heavy (non-hydrogen) atoms. The smallest absolute Gasteiger partial charge is 0.277 e. The van der Waals surface area contributed by atoms with Crippen molar-refractivity contribution in [2.75, 3.05) is 32.8 Å². The third-order valence-corrected chi connectivity index (χ3v) is 5.32. The van der Waals surface area contributed by atoms with Crippen molar-refractivity contribution < 1.29 is 14.3 Å². The van der Waals surface area contributed by atoms with Gasteiger partial charge in [0.15, 0.2) is 0 Å². The van der Waals surface area contributed by atoms with Crippen LogP contribution in [0.15, 0.2) is 29.1 Å². The molecule has 2 aliphatic heterocycles. The molecule has 4 rings (SSSR count). The molecular formula is C19H23N5O4. The largest absolute Gasteiger partial charge is 0.368 e. The standard InChI is InChI=1S/C19H23N5O4/c25-17(7-8-24-18(26)14-4-1-2-5-15(14)20-21-24)22-9-11-23(12-10-22)19(27)16-6-3-13-28-16/h1-2,4-5,16H,3,6-13H2. The van der Waals surface area contributed by atoms with Crippen molar-refractivity contribution in [3.63, 3.8) is 0 Å². The number of fused-ring (bicyclic) bond motifs is 1. The lowest BCUT2D eigenvalue weighted by Crippen LogP contribution is -2.53. The van der Waals surface area contributed by atoms with E-state index in [1.807, 2.05) is 0 Å². The Morgan fingerprint density at radius 2 is 1.86 bits per heavy atom. The molecule has 9 nitrogen and oxygen atoms in total. The zero-order chi connectivity index (χ0) is 19.5. The molecule has 0 radical (unpaired) electrons. The first-order valence-corrected chi connectivity index (χ1v) is 9.64. The Labute approximate surface area is 161 Å². The second-order valence-electron chi connectivity index (χ2n) is 7.09. The van der Waals surface area contributed by atoms with E-state index in [2.05, 4.69) is 10.3 Å². The molecule has 2 aromatic rings. The van der Waals surface area contributed by atoms with Gasteiger partial charge in [0.1, 0.15) is 11.6 Å². The Morgan fingerprint density at radius 1 is 1.11 bits per heavy atom. The maximum atomic E-state index is 12.5. The summed E-state index contributed by atoms with van der Waals surface area (Å²) in [5.74, 6) is -0.0198. The Balaban J connectivity index is 1.31. The summed E-state index contributed by atoms with van der Waals surface area (Å²) in [7, 11) is 0. The molecule has 0 spiro atoms. The van der Waals surface area contributed by atoms with E-state index in [1.54, 1.807) is 34.1 Å². The molecule has 0 N–H and O–H groups in total. The monoisotopic (exact) mass is 385 g/mol. The number of carbonyl (C=O) groups is 2. The minimum atomic E-state index is -0.319. The van der Waals surface area contributed by atoms with Crippen molar-refractivity contribution in [2.45, 2.75) is 31.9 Å². The molecular weight excluding hydrogens is 362 g/mol. The lowest BCUT2D eigenvalue weighted by Gasteiger charge is -2.35. The molecule has 1 aromatic heterocycles. The van der Waals surface area contributed by atoms with Crippen LogP contribution in [0.4, 0.5) is 0 Å². The summed E-state index contributed by atoms with van der Waals surface area (Å²) in [6.45, 7) is 2.85. The molecule has 1 aromatic carbocycles. The third-order valence-electron chi connectivity index (χ3n) is 5.32. The number of carbonyl (C=O) groups excluding carboxylic acids is 2. The van der Waals surface area contributed by atoms with Gasteiger partial charge in [0.05, 0.1) is 11.9 Å². The van der Waals surface area contributed by atoms with Crippen LogP contribution < -0.4 is 5.56 Å². The van der Waals surface area contributed by atoms with Gasteiger partial charge in [-0.15, -0.1) is 5.10 Å². The fourth-order valence-corrected chi connectivity index (χ4v) is 3.68. The number of nitrogens with zero attached hydrogens (tertiary/aromatic N) is 5. The molecule has 0 saturated carbocycles. The molecule has 0 bridgehead atoms. The third kappa shape index (κ3) is 3.75.